The summed E-state index contributed by atoms with van der Waals surface area (Å²) in [4.78, 5) is 35.4. The van der Waals surface area contributed by atoms with Crippen LogP contribution in [0.25, 0.3) is 0 Å². The van der Waals surface area contributed by atoms with Gasteiger partial charge in [0.2, 0.25) is 0 Å². The molecule has 1 aliphatic heterocycles. The second-order valence-electron chi connectivity index (χ2n) is 5.39. The quantitative estimate of drug-likeness (QED) is 0.817. The summed E-state index contributed by atoms with van der Waals surface area (Å²) in [5.74, 6) is -2.42. The van der Waals surface area contributed by atoms with Crippen LogP contribution in [0.4, 0.5) is 18.9 Å². The van der Waals surface area contributed by atoms with Crippen molar-refractivity contribution in [1.29, 1.82) is 0 Å². The fourth-order valence-electron chi connectivity index (χ4n) is 2.44. The molecule has 0 spiro atoms. The molecule has 2 amide bonds. The van der Waals surface area contributed by atoms with Gasteiger partial charge in [0.1, 0.15) is 5.75 Å². The van der Waals surface area contributed by atoms with Crippen LogP contribution >= 0.6 is 0 Å². The van der Waals surface area contributed by atoms with Crippen molar-refractivity contribution in [3.05, 3.63) is 59.2 Å². The second-order valence-corrected chi connectivity index (χ2v) is 5.39. The highest BCUT2D eigenvalue weighted by atomic mass is 19.4. The number of para-hydroxylation sites is 1. The lowest BCUT2D eigenvalue weighted by molar-refractivity contribution is -0.274. The van der Waals surface area contributed by atoms with Gasteiger partial charge in [0, 0.05) is 6.54 Å². The van der Waals surface area contributed by atoms with E-state index in [2.05, 4.69) is 15.4 Å². The van der Waals surface area contributed by atoms with Gasteiger partial charge in [-0.05, 0) is 29.8 Å². The first-order chi connectivity index (χ1) is 12.2. The van der Waals surface area contributed by atoms with Crippen LogP contribution in [-0.4, -0.2) is 24.0 Å². The van der Waals surface area contributed by atoms with Crippen molar-refractivity contribution in [1.82, 2.24) is 5.32 Å². The second kappa shape index (κ2) is 6.51. The van der Waals surface area contributed by atoms with Gasteiger partial charge in [-0.15, -0.1) is 13.2 Å². The third kappa shape index (κ3) is 3.66. The molecule has 2 aromatic carbocycles. The van der Waals surface area contributed by atoms with Gasteiger partial charge >= 0.3 is 6.36 Å². The SMILES string of the molecule is O=C1Nc2c(C(=O)NCc3ccc(OC(F)(F)F)cc3)cccc2C1=O. The van der Waals surface area contributed by atoms with Gasteiger partial charge in [0.25, 0.3) is 17.6 Å². The van der Waals surface area contributed by atoms with Gasteiger partial charge in [-0.1, -0.05) is 18.2 Å². The molecule has 134 valence electrons. The monoisotopic (exact) mass is 364 g/mol. The summed E-state index contributed by atoms with van der Waals surface area (Å²) < 4.78 is 40.1. The van der Waals surface area contributed by atoms with Gasteiger partial charge in [0.15, 0.2) is 0 Å². The molecule has 0 saturated heterocycles. The Morgan fingerprint density at radius 1 is 1.08 bits per heavy atom. The number of nitrogens with one attached hydrogen (secondary N) is 2. The van der Waals surface area contributed by atoms with E-state index in [1.165, 1.54) is 30.3 Å². The zero-order valence-corrected chi connectivity index (χ0v) is 13.0. The number of halogens is 3. The molecule has 2 N–H and O–H groups in total. The Kier molecular flexibility index (Phi) is 4.37. The molecule has 0 bridgehead atoms. The van der Waals surface area contributed by atoms with Gasteiger partial charge in [-0.2, -0.15) is 0 Å². The van der Waals surface area contributed by atoms with Crippen LogP contribution in [-0.2, 0) is 11.3 Å². The molecular weight excluding hydrogens is 353 g/mol. The summed E-state index contributed by atoms with van der Waals surface area (Å²) in [5, 5.41) is 4.93. The number of hydrogen-bond acceptors (Lipinski definition) is 4. The fraction of sp³-hybridized carbons (Fsp3) is 0.118. The summed E-state index contributed by atoms with van der Waals surface area (Å²) in [6.07, 6.45) is -4.77. The molecular formula is C17H11F3N2O4. The van der Waals surface area contributed by atoms with Crippen molar-refractivity contribution >= 4 is 23.3 Å². The number of amides is 2. The Balaban J connectivity index is 1.67. The predicted octanol–water partition coefficient (Wildman–Crippen LogP) is 2.65. The van der Waals surface area contributed by atoms with Gasteiger partial charge in [-0.25, -0.2) is 0 Å². The lowest BCUT2D eigenvalue weighted by atomic mass is 10.1. The zero-order valence-electron chi connectivity index (χ0n) is 13.0. The number of hydrogen-bond donors (Lipinski definition) is 2. The summed E-state index contributed by atoms with van der Waals surface area (Å²) in [6, 6.07) is 9.39. The normalized spacial score (nSPS) is 13.2. The van der Waals surface area contributed by atoms with Gasteiger partial charge in [-0.3, -0.25) is 14.4 Å². The molecule has 3 rings (SSSR count). The number of fused-ring (bicyclic) bond motifs is 1. The van der Waals surface area contributed by atoms with Gasteiger partial charge < -0.3 is 15.4 Å². The minimum atomic E-state index is -4.77. The number of carbonyl (C=O) groups excluding carboxylic acids is 3. The van der Waals surface area contributed by atoms with E-state index in [0.717, 1.165) is 12.1 Å². The van der Waals surface area contributed by atoms with Gasteiger partial charge in [0.05, 0.1) is 16.8 Å². The molecule has 0 saturated carbocycles. The highest BCUT2D eigenvalue weighted by Gasteiger charge is 2.32. The van der Waals surface area contributed by atoms with E-state index in [0.29, 0.717) is 5.56 Å². The van der Waals surface area contributed by atoms with Crippen molar-refractivity contribution < 1.29 is 32.3 Å². The molecule has 0 fully saturated rings. The Bertz CT molecular complexity index is 892. The highest BCUT2D eigenvalue weighted by molar-refractivity contribution is 6.52. The van der Waals surface area contributed by atoms with Crippen molar-refractivity contribution in [2.45, 2.75) is 12.9 Å². The molecule has 0 atom stereocenters. The number of benzene rings is 2. The van der Waals surface area contributed by atoms with Crippen molar-refractivity contribution in [2.24, 2.45) is 0 Å². The van der Waals surface area contributed by atoms with Crippen LogP contribution < -0.4 is 15.4 Å². The van der Waals surface area contributed by atoms with E-state index in [9.17, 15) is 27.6 Å². The standard InChI is InChI=1S/C17H11F3N2O4/c18-17(19,20)26-10-6-4-9(5-7-10)8-21-15(24)12-3-1-2-11-13(12)22-16(25)14(11)23/h1-7H,8H2,(H,21,24)(H,22,23,25). The molecule has 6 nitrogen and oxygen atoms in total. The maximum Gasteiger partial charge on any atom is 0.573 e. The van der Waals surface area contributed by atoms with Crippen molar-refractivity contribution in [2.75, 3.05) is 5.32 Å². The number of ketones is 1. The molecule has 0 radical (unpaired) electrons. The minimum absolute atomic E-state index is 0.0384. The largest absolute Gasteiger partial charge is 0.573 e. The smallest absolute Gasteiger partial charge is 0.406 e. The van der Waals surface area contributed by atoms with Crippen LogP contribution in [0.3, 0.4) is 0 Å². The Hall–Kier alpha value is -3.36. The van der Waals surface area contributed by atoms with E-state index in [1.807, 2.05) is 0 Å². The highest BCUT2D eigenvalue weighted by Crippen LogP contribution is 2.27. The van der Waals surface area contributed by atoms with E-state index < -0.39 is 24.0 Å². The number of Topliss-reactive ketones (excluding diaryl/α,β-unsaturated/α-hetero) is 1. The Morgan fingerprint density at radius 2 is 1.77 bits per heavy atom. The number of alkyl halides is 3. The Morgan fingerprint density at radius 3 is 2.42 bits per heavy atom. The molecule has 1 heterocycles. The Labute approximate surface area is 145 Å². The number of anilines is 1. The summed E-state index contributed by atoms with van der Waals surface area (Å²) in [5.41, 5.74) is 0.935. The number of ether oxygens (including phenoxy) is 1. The van der Waals surface area contributed by atoms with Crippen LogP contribution in [0.5, 0.6) is 5.75 Å². The first kappa shape index (κ1) is 17.5. The van der Waals surface area contributed by atoms with E-state index in [-0.39, 0.29) is 29.1 Å². The summed E-state index contributed by atoms with van der Waals surface area (Å²) >= 11 is 0. The molecule has 9 heteroatoms. The lowest BCUT2D eigenvalue weighted by Crippen LogP contribution is -2.24. The van der Waals surface area contributed by atoms with Crippen LogP contribution in [0.15, 0.2) is 42.5 Å². The molecule has 0 unspecified atom stereocenters. The van der Waals surface area contributed by atoms with Crippen LogP contribution in [0.2, 0.25) is 0 Å². The fourth-order valence-corrected chi connectivity index (χ4v) is 2.44. The average Bonchev–Trinajstić information content (AvgIpc) is 2.87. The zero-order chi connectivity index (χ0) is 18.9. The third-order valence-corrected chi connectivity index (χ3v) is 3.61. The maximum absolute atomic E-state index is 12.3. The number of carbonyl (C=O) groups is 3. The lowest BCUT2D eigenvalue weighted by Gasteiger charge is -2.10. The summed E-state index contributed by atoms with van der Waals surface area (Å²) in [7, 11) is 0. The van der Waals surface area contributed by atoms with Crippen LogP contribution in [0, 0.1) is 0 Å². The molecule has 1 aliphatic rings. The molecule has 0 aromatic heterocycles. The molecule has 2 aromatic rings. The summed E-state index contributed by atoms with van der Waals surface area (Å²) in [6.45, 7) is 0.0384. The van der Waals surface area contributed by atoms with Crippen molar-refractivity contribution in [3.8, 4) is 5.75 Å². The molecule has 26 heavy (non-hydrogen) atoms. The third-order valence-electron chi connectivity index (χ3n) is 3.61. The average molecular weight is 364 g/mol. The van der Waals surface area contributed by atoms with E-state index in [4.69, 9.17) is 0 Å². The minimum Gasteiger partial charge on any atom is -0.406 e. The first-order valence-corrected chi connectivity index (χ1v) is 7.36. The van der Waals surface area contributed by atoms with E-state index >= 15 is 0 Å². The first-order valence-electron chi connectivity index (χ1n) is 7.36. The number of rotatable bonds is 4. The van der Waals surface area contributed by atoms with Crippen molar-refractivity contribution in [3.63, 3.8) is 0 Å². The van der Waals surface area contributed by atoms with E-state index in [1.54, 1.807) is 0 Å². The predicted molar refractivity (Wildman–Crippen MR) is 83.7 cm³/mol. The molecule has 0 aliphatic carbocycles. The maximum atomic E-state index is 12.3. The topological polar surface area (TPSA) is 84.5 Å². The van der Waals surface area contributed by atoms with Crippen LogP contribution in [0.1, 0.15) is 26.3 Å².